The SMILES string of the molecule is Cc1cc(C)c(C(=O)OCC(=O)NCC(=O)Nc2ccccc2Br)cc1N. The summed E-state index contributed by atoms with van der Waals surface area (Å²) in [7, 11) is 0. The number of amides is 2. The number of carbonyl (C=O) groups excluding carboxylic acids is 3. The van der Waals surface area contributed by atoms with Crippen LogP contribution < -0.4 is 16.4 Å². The van der Waals surface area contributed by atoms with E-state index in [4.69, 9.17) is 10.5 Å². The van der Waals surface area contributed by atoms with Crippen LogP contribution in [0.4, 0.5) is 11.4 Å². The maximum absolute atomic E-state index is 12.1. The fourth-order valence-electron chi connectivity index (χ4n) is 2.28. The van der Waals surface area contributed by atoms with Crippen molar-refractivity contribution in [2.45, 2.75) is 13.8 Å². The minimum Gasteiger partial charge on any atom is -0.452 e. The molecule has 2 rings (SSSR count). The Balaban J connectivity index is 1.81. The number of anilines is 2. The van der Waals surface area contributed by atoms with Crippen molar-refractivity contribution in [1.29, 1.82) is 0 Å². The van der Waals surface area contributed by atoms with Gasteiger partial charge in [0.05, 0.1) is 17.8 Å². The van der Waals surface area contributed by atoms with Crippen molar-refractivity contribution in [3.8, 4) is 0 Å². The Labute approximate surface area is 165 Å². The molecule has 0 saturated heterocycles. The minimum atomic E-state index is -0.646. The molecule has 27 heavy (non-hydrogen) atoms. The number of nitrogens with two attached hydrogens (primary N) is 1. The second kappa shape index (κ2) is 9.18. The number of rotatable bonds is 6. The lowest BCUT2D eigenvalue weighted by Gasteiger charge is -2.10. The van der Waals surface area contributed by atoms with Crippen LogP contribution in [0.3, 0.4) is 0 Å². The Hall–Kier alpha value is -2.87. The molecule has 4 N–H and O–H groups in total. The highest BCUT2D eigenvalue weighted by Gasteiger charge is 2.15. The van der Waals surface area contributed by atoms with Crippen LogP contribution in [0.25, 0.3) is 0 Å². The molecule has 0 aromatic heterocycles. The van der Waals surface area contributed by atoms with E-state index in [2.05, 4.69) is 26.6 Å². The fraction of sp³-hybridized carbons (Fsp3) is 0.211. The van der Waals surface area contributed by atoms with Crippen molar-refractivity contribution >= 4 is 45.1 Å². The van der Waals surface area contributed by atoms with Gasteiger partial charge in [-0.2, -0.15) is 0 Å². The van der Waals surface area contributed by atoms with E-state index < -0.39 is 24.4 Å². The number of aryl methyl sites for hydroxylation is 2. The monoisotopic (exact) mass is 433 g/mol. The average Bonchev–Trinajstić information content (AvgIpc) is 2.63. The van der Waals surface area contributed by atoms with Crippen molar-refractivity contribution in [1.82, 2.24) is 5.32 Å². The first-order valence-corrected chi connectivity index (χ1v) is 8.92. The zero-order valence-electron chi connectivity index (χ0n) is 15.0. The second-order valence-electron chi connectivity index (χ2n) is 5.90. The lowest BCUT2D eigenvalue weighted by atomic mass is 10.0. The zero-order valence-corrected chi connectivity index (χ0v) is 16.6. The summed E-state index contributed by atoms with van der Waals surface area (Å²) in [5.74, 6) is -1.63. The van der Waals surface area contributed by atoms with Crippen LogP contribution in [0, 0.1) is 13.8 Å². The molecular weight excluding hydrogens is 414 g/mol. The molecule has 0 heterocycles. The Morgan fingerprint density at radius 3 is 2.48 bits per heavy atom. The number of benzene rings is 2. The third kappa shape index (κ3) is 5.82. The van der Waals surface area contributed by atoms with Gasteiger partial charge in [-0.1, -0.05) is 18.2 Å². The number of esters is 1. The largest absolute Gasteiger partial charge is 0.452 e. The molecule has 2 amide bonds. The molecular formula is C19H20BrN3O4. The van der Waals surface area contributed by atoms with Crippen LogP contribution in [0.1, 0.15) is 21.5 Å². The van der Waals surface area contributed by atoms with Gasteiger partial charge in [-0.25, -0.2) is 4.79 Å². The second-order valence-corrected chi connectivity index (χ2v) is 6.76. The van der Waals surface area contributed by atoms with Crippen molar-refractivity contribution in [2.75, 3.05) is 24.2 Å². The molecule has 0 atom stereocenters. The van der Waals surface area contributed by atoms with Gasteiger partial charge in [0.25, 0.3) is 5.91 Å². The Kier molecular flexibility index (Phi) is 6.95. The molecule has 0 spiro atoms. The topological polar surface area (TPSA) is 111 Å². The molecule has 0 aliphatic carbocycles. The van der Waals surface area contributed by atoms with Crippen molar-refractivity contribution in [3.05, 3.63) is 57.6 Å². The molecule has 142 valence electrons. The maximum atomic E-state index is 12.1. The summed E-state index contributed by atoms with van der Waals surface area (Å²) in [5, 5.41) is 5.05. The number of hydrogen-bond donors (Lipinski definition) is 3. The van der Waals surface area contributed by atoms with Crippen LogP contribution >= 0.6 is 15.9 Å². The predicted molar refractivity (Wildman–Crippen MR) is 106 cm³/mol. The summed E-state index contributed by atoms with van der Waals surface area (Å²) in [6.45, 7) is 2.86. The first-order valence-electron chi connectivity index (χ1n) is 8.13. The number of halogens is 1. The van der Waals surface area contributed by atoms with Gasteiger partial charge in [0, 0.05) is 10.2 Å². The first kappa shape index (κ1) is 20.4. The lowest BCUT2D eigenvalue weighted by Crippen LogP contribution is -2.35. The van der Waals surface area contributed by atoms with E-state index in [1.165, 1.54) is 6.07 Å². The van der Waals surface area contributed by atoms with E-state index in [1.807, 2.05) is 13.0 Å². The van der Waals surface area contributed by atoms with Gasteiger partial charge in [-0.05, 0) is 59.1 Å². The average molecular weight is 434 g/mol. The molecule has 0 fully saturated rings. The summed E-state index contributed by atoms with van der Waals surface area (Å²) >= 11 is 3.31. The van der Waals surface area contributed by atoms with Gasteiger partial charge in [0.2, 0.25) is 5.91 Å². The highest BCUT2D eigenvalue weighted by atomic mass is 79.9. The Bertz CT molecular complexity index is 883. The number of nitrogen functional groups attached to an aromatic ring is 1. The van der Waals surface area contributed by atoms with Crippen molar-refractivity contribution in [2.24, 2.45) is 0 Å². The smallest absolute Gasteiger partial charge is 0.338 e. The quantitative estimate of drug-likeness (QED) is 0.478. The highest BCUT2D eigenvalue weighted by molar-refractivity contribution is 9.10. The zero-order chi connectivity index (χ0) is 20.0. The third-order valence-corrected chi connectivity index (χ3v) is 4.45. The lowest BCUT2D eigenvalue weighted by molar-refractivity contribution is -0.126. The van der Waals surface area contributed by atoms with Gasteiger partial charge >= 0.3 is 5.97 Å². The van der Waals surface area contributed by atoms with E-state index in [1.54, 1.807) is 31.2 Å². The van der Waals surface area contributed by atoms with Crippen LogP contribution in [-0.4, -0.2) is 30.9 Å². The number of hydrogen-bond acceptors (Lipinski definition) is 5. The maximum Gasteiger partial charge on any atom is 0.338 e. The highest BCUT2D eigenvalue weighted by Crippen LogP contribution is 2.21. The summed E-state index contributed by atoms with van der Waals surface area (Å²) in [5.41, 5.74) is 8.74. The number of ether oxygens (including phenoxy) is 1. The third-order valence-electron chi connectivity index (χ3n) is 3.76. The Morgan fingerprint density at radius 1 is 1.07 bits per heavy atom. The number of para-hydroxylation sites is 1. The van der Waals surface area contributed by atoms with Crippen molar-refractivity contribution < 1.29 is 19.1 Å². The van der Waals surface area contributed by atoms with Gasteiger partial charge in [0.15, 0.2) is 6.61 Å². The van der Waals surface area contributed by atoms with Crippen molar-refractivity contribution in [3.63, 3.8) is 0 Å². The summed E-state index contributed by atoms with van der Waals surface area (Å²) in [4.78, 5) is 35.8. The summed E-state index contributed by atoms with van der Waals surface area (Å²) < 4.78 is 5.72. The van der Waals surface area contributed by atoms with E-state index in [-0.39, 0.29) is 6.54 Å². The number of carbonyl (C=O) groups is 3. The van der Waals surface area contributed by atoms with Gasteiger partial charge in [0.1, 0.15) is 0 Å². The molecule has 0 unspecified atom stereocenters. The summed E-state index contributed by atoms with van der Waals surface area (Å²) in [6, 6.07) is 10.4. The van der Waals surface area contributed by atoms with E-state index >= 15 is 0 Å². The molecule has 0 aliphatic rings. The molecule has 0 aliphatic heterocycles. The minimum absolute atomic E-state index is 0.242. The molecule has 7 nitrogen and oxygen atoms in total. The summed E-state index contributed by atoms with van der Waals surface area (Å²) in [6.07, 6.45) is 0. The normalized spacial score (nSPS) is 10.2. The predicted octanol–water partition coefficient (Wildman–Crippen LogP) is 2.56. The Morgan fingerprint density at radius 2 is 1.78 bits per heavy atom. The van der Waals surface area contributed by atoms with E-state index in [9.17, 15) is 14.4 Å². The van der Waals surface area contributed by atoms with Crippen LogP contribution in [0.5, 0.6) is 0 Å². The fourth-order valence-corrected chi connectivity index (χ4v) is 2.67. The molecule has 2 aromatic carbocycles. The van der Waals surface area contributed by atoms with Gasteiger partial charge in [-0.15, -0.1) is 0 Å². The van der Waals surface area contributed by atoms with Crippen LogP contribution in [-0.2, 0) is 14.3 Å². The van der Waals surface area contributed by atoms with Gasteiger partial charge < -0.3 is 21.1 Å². The van der Waals surface area contributed by atoms with Gasteiger partial charge in [-0.3, -0.25) is 9.59 Å². The molecule has 8 heteroatoms. The number of nitrogens with one attached hydrogen (secondary N) is 2. The molecule has 0 saturated carbocycles. The van der Waals surface area contributed by atoms with E-state index in [0.717, 1.165) is 10.0 Å². The van der Waals surface area contributed by atoms with Crippen LogP contribution in [0.2, 0.25) is 0 Å². The molecule has 0 radical (unpaired) electrons. The molecule has 0 bridgehead atoms. The van der Waals surface area contributed by atoms with E-state index in [0.29, 0.717) is 22.5 Å². The standard InChI is InChI=1S/C19H20BrN3O4/c1-11-7-12(2)15(21)8-13(11)19(26)27-10-18(25)22-9-17(24)23-16-6-4-3-5-14(16)20/h3-8H,9-10,21H2,1-2H3,(H,22,25)(H,23,24). The first-order chi connectivity index (χ1) is 12.8. The van der Waals surface area contributed by atoms with Crippen LogP contribution in [0.15, 0.2) is 40.9 Å². The molecule has 2 aromatic rings.